The summed E-state index contributed by atoms with van der Waals surface area (Å²) >= 11 is 0. The summed E-state index contributed by atoms with van der Waals surface area (Å²) in [4.78, 5) is 20.9. The van der Waals surface area contributed by atoms with Crippen molar-refractivity contribution in [2.24, 2.45) is 0 Å². The highest BCUT2D eigenvalue weighted by atomic mass is 16.5. The molecule has 2 saturated heterocycles. The molecule has 0 spiro atoms. The molecule has 2 atom stereocenters. The van der Waals surface area contributed by atoms with Crippen LogP contribution in [0.4, 0.5) is 0 Å². The second-order valence-corrected chi connectivity index (χ2v) is 8.60. The summed E-state index contributed by atoms with van der Waals surface area (Å²) in [7, 11) is 3.75. The van der Waals surface area contributed by atoms with Gasteiger partial charge in [0.2, 0.25) is 0 Å². The van der Waals surface area contributed by atoms with Gasteiger partial charge in [-0.05, 0) is 54.6 Å². The van der Waals surface area contributed by atoms with Crippen LogP contribution in [0.3, 0.4) is 0 Å². The topological polar surface area (TPSA) is 101 Å². The van der Waals surface area contributed by atoms with E-state index in [0.717, 1.165) is 62.3 Å². The summed E-state index contributed by atoms with van der Waals surface area (Å²) in [6.45, 7) is 4.85. The summed E-state index contributed by atoms with van der Waals surface area (Å²) in [6.07, 6.45) is 2.15. The summed E-state index contributed by atoms with van der Waals surface area (Å²) < 4.78 is 13.0. The SMILES string of the molecule is COc1ccc2[nH]c(=O)c(C(c3nnnn3CC3CCCO3)N3CCN(C)CC3)cc2c1. The van der Waals surface area contributed by atoms with Crippen molar-refractivity contribution in [1.29, 1.82) is 0 Å². The first-order valence-electron chi connectivity index (χ1n) is 11.1. The second-order valence-electron chi connectivity index (χ2n) is 8.60. The molecule has 0 bridgehead atoms. The maximum absolute atomic E-state index is 13.3. The number of piperazine rings is 1. The molecular formula is C22H29N7O3. The van der Waals surface area contributed by atoms with Crippen LogP contribution in [0.15, 0.2) is 29.1 Å². The fourth-order valence-electron chi connectivity index (χ4n) is 4.63. The number of likely N-dealkylation sites (N-methyl/N-ethyl adjacent to an activating group) is 1. The molecule has 0 aliphatic carbocycles. The molecule has 0 saturated carbocycles. The van der Waals surface area contributed by atoms with E-state index in [1.54, 1.807) is 7.11 Å². The third kappa shape index (κ3) is 4.13. The van der Waals surface area contributed by atoms with Crippen LogP contribution >= 0.6 is 0 Å². The Morgan fingerprint density at radius 3 is 2.84 bits per heavy atom. The van der Waals surface area contributed by atoms with Gasteiger partial charge in [0, 0.05) is 49.3 Å². The molecule has 2 aliphatic rings. The zero-order valence-corrected chi connectivity index (χ0v) is 18.5. The monoisotopic (exact) mass is 439 g/mol. The first kappa shape index (κ1) is 21.0. The van der Waals surface area contributed by atoms with E-state index in [1.165, 1.54) is 0 Å². The molecule has 2 aliphatic heterocycles. The highest BCUT2D eigenvalue weighted by Gasteiger charge is 2.33. The van der Waals surface area contributed by atoms with Gasteiger partial charge in [0.15, 0.2) is 5.82 Å². The largest absolute Gasteiger partial charge is 0.497 e. The fourth-order valence-corrected chi connectivity index (χ4v) is 4.63. The molecule has 2 aromatic heterocycles. The molecule has 0 amide bonds. The highest BCUT2D eigenvalue weighted by Crippen LogP contribution is 2.29. The number of ether oxygens (including phenoxy) is 2. The Morgan fingerprint density at radius 1 is 1.25 bits per heavy atom. The zero-order valence-electron chi connectivity index (χ0n) is 18.5. The number of fused-ring (bicyclic) bond motifs is 1. The minimum Gasteiger partial charge on any atom is -0.497 e. The van der Waals surface area contributed by atoms with Crippen molar-refractivity contribution in [3.8, 4) is 5.75 Å². The molecule has 10 nitrogen and oxygen atoms in total. The van der Waals surface area contributed by atoms with E-state index >= 15 is 0 Å². The number of hydrogen-bond acceptors (Lipinski definition) is 8. The van der Waals surface area contributed by atoms with E-state index < -0.39 is 0 Å². The maximum atomic E-state index is 13.3. The normalized spacial score (nSPS) is 21.2. The molecule has 0 radical (unpaired) electrons. The minimum atomic E-state index is -0.348. The Hall–Kier alpha value is -2.82. The molecule has 10 heteroatoms. The smallest absolute Gasteiger partial charge is 0.253 e. The van der Waals surface area contributed by atoms with Crippen molar-refractivity contribution in [2.45, 2.75) is 31.5 Å². The molecule has 170 valence electrons. The van der Waals surface area contributed by atoms with E-state index in [1.807, 2.05) is 28.9 Å². The van der Waals surface area contributed by atoms with Crippen LogP contribution in [0, 0.1) is 0 Å². The average Bonchev–Trinajstić information content (AvgIpc) is 3.48. The van der Waals surface area contributed by atoms with E-state index in [0.29, 0.717) is 17.9 Å². The second kappa shape index (κ2) is 8.97. The number of methoxy groups -OCH3 is 1. The van der Waals surface area contributed by atoms with E-state index in [2.05, 4.69) is 37.4 Å². The quantitative estimate of drug-likeness (QED) is 0.608. The molecule has 5 rings (SSSR count). The highest BCUT2D eigenvalue weighted by molar-refractivity contribution is 5.80. The molecule has 1 aromatic carbocycles. The minimum absolute atomic E-state index is 0.101. The van der Waals surface area contributed by atoms with Crippen LogP contribution in [0.5, 0.6) is 5.75 Å². The lowest BCUT2D eigenvalue weighted by Crippen LogP contribution is -2.47. The van der Waals surface area contributed by atoms with Crippen LogP contribution in [0.25, 0.3) is 10.9 Å². The Morgan fingerprint density at radius 2 is 2.09 bits per heavy atom. The third-order valence-corrected chi connectivity index (χ3v) is 6.48. The number of aromatic amines is 1. The van der Waals surface area contributed by atoms with Gasteiger partial charge in [-0.1, -0.05) is 0 Å². The Balaban J connectivity index is 1.59. The van der Waals surface area contributed by atoms with Gasteiger partial charge in [0.25, 0.3) is 5.56 Å². The Labute approximate surface area is 186 Å². The van der Waals surface area contributed by atoms with Crippen molar-refractivity contribution in [3.05, 3.63) is 46.0 Å². The number of benzene rings is 1. The van der Waals surface area contributed by atoms with Gasteiger partial charge in [0.05, 0.1) is 19.8 Å². The first-order valence-corrected chi connectivity index (χ1v) is 11.1. The zero-order chi connectivity index (χ0) is 22.1. The molecular weight excluding hydrogens is 410 g/mol. The van der Waals surface area contributed by atoms with Gasteiger partial charge in [-0.2, -0.15) is 0 Å². The van der Waals surface area contributed by atoms with Crippen LogP contribution in [-0.4, -0.2) is 88.0 Å². The molecule has 2 unspecified atom stereocenters. The number of rotatable bonds is 6. The fraction of sp³-hybridized carbons (Fsp3) is 0.545. The van der Waals surface area contributed by atoms with Gasteiger partial charge in [-0.15, -0.1) is 5.10 Å². The number of nitrogens with zero attached hydrogens (tertiary/aromatic N) is 6. The van der Waals surface area contributed by atoms with Crippen LogP contribution in [0.1, 0.15) is 30.3 Å². The van der Waals surface area contributed by atoms with Gasteiger partial charge >= 0.3 is 0 Å². The molecule has 3 aromatic rings. The molecule has 4 heterocycles. The van der Waals surface area contributed by atoms with Crippen LogP contribution in [-0.2, 0) is 11.3 Å². The molecule has 32 heavy (non-hydrogen) atoms. The Kier molecular flexibility index (Phi) is 5.90. The van der Waals surface area contributed by atoms with Crippen molar-refractivity contribution in [2.75, 3.05) is 46.9 Å². The third-order valence-electron chi connectivity index (χ3n) is 6.48. The number of H-pyrrole nitrogens is 1. The van der Waals surface area contributed by atoms with Crippen LogP contribution < -0.4 is 10.3 Å². The number of hydrogen-bond donors (Lipinski definition) is 1. The summed E-state index contributed by atoms with van der Waals surface area (Å²) in [5.74, 6) is 1.42. The molecule has 1 N–H and O–H groups in total. The standard InChI is InChI=1S/C22H29N7O3/c1-27-7-9-28(10-8-27)20(21-24-25-26-29(21)14-17-4-3-11-32-17)18-13-15-12-16(31-2)5-6-19(15)23-22(18)30/h5-6,12-13,17,20H,3-4,7-11,14H2,1-2H3,(H,23,30). The van der Waals surface area contributed by atoms with Gasteiger partial charge in [-0.25, -0.2) is 4.68 Å². The predicted molar refractivity (Wildman–Crippen MR) is 119 cm³/mol. The summed E-state index contributed by atoms with van der Waals surface area (Å²) in [6, 6.07) is 7.25. The van der Waals surface area contributed by atoms with Crippen molar-refractivity contribution >= 4 is 10.9 Å². The van der Waals surface area contributed by atoms with Gasteiger partial charge < -0.3 is 19.4 Å². The van der Waals surface area contributed by atoms with Crippen molar-refractivity contribution in [1.82, 2.24) is 35.0 Å². The number of aromatic nitrogens is 5. The van der Waals surface area contributed by atoms with Crippen molar-refractivity contribution < 1.29 is 9.47 Å². The van der Waals surface area contributed by atoms with Crippen LogP contribution in [0.2, 0.25) is 0 Å². The number of tetrazole rings is 1. The summed E-state index contributed by atoms with van der Waals surface area (Å²) in [5.41, 5.74) is 1.28. The van der Waals surface area contributed by atoms with E-state index in [-0.39, 0.29) is 17.7 Å². The lowest BCUT2D eigenvalue weighted by Gasteiger charge is -2.37. The maximum Gasteiger partial charge on any atom is 0.253 e. The van der Waals surface area contributed by atoms with E-state index in [9.17, 15) is 4.79 Å². The number of nitrogens with one attached hydrogen (secondary N) is 1. The number of pyridine rings is 1. The van der Waals surface area contributed by atoms with E-state index in [4.69, 9.17) is 9.47 Å². The Bertz CT molecular complexity index is 1130. The van der Waals surface area contributed by atoms with Gasteiger partial charge in [-0.3, -0.25) is 9.69 Å². The van der Waals surface area contributed by atoms with Gasteiger partial charge in [0.1, 0.15) is 11.8 Å². The summed E-state index contributed by atoms with van der Waals surface area (Å²) in [5, 5.41) is 13.6. The predicted octanol–water partition coefficient (Wildman–Crippen LogP) is 1.04. The molecule has 2 fully saturated rings. The van der Waals surface area contributed by atoms with Crippen molar-refractivity contribution in [3.63, 3.8) is 0 Å². The lowest BCUT2D eigenvalue weighted by atomic mass is 10.0. The average molecular weight is 440 g/mol. The lowest BCUT2D eigenvalue weighted by molar-refractivity contribution is 0.0878. The first-order chi connectivity index (χ1) is 15.6.